The number of methoxy groups -OCH3 is 2. The number of carboxylic acid groups (broad SMARTS) is 1. The lowest BCUT2D eigenvalue weighted by Gasteiger charge is -2.17. The van der Waals surface area contributed by atoms with Gasteiger partial charge in [-0.1, -0.05) is 11.6 Å². The number of aromatic carboxylic acids is 1. The Morgan fingerprint density at radius 2 is 1.95 bits per heavy atom. The first kappa shape index (κ1) is 14.0. The van der Waals surface area contributed by atoms with Crippen molar-refractivity contribution in [3.05, 3.63) is 22.8 Å². The average Bonchev–Trinajstić information content (AvgIpc) is 2.82. The van der Waals surface area contributed by atoms with Crippen LogP contribution in [-0.4, -0.2) is 55.6 Å². The maximum absolute atomic E-state index is 11.0. The lowest BCUT2D eigenvalue weighted by atomic mass is 10.3. The Bertz CT molecular complexity index is 471. The molecule has 6 nitrogen and oxygen atoms in total. The van der Waals surface area contributed by atoms with E-state index in [1.54, 1.807) is 20.3 Å². The molecule has 19 heavy (non-hydrogen) atoms. The molecule has 0 aromatic carbocycles. The average molecular weight is 287 g/mol. The summed E-state index contributed by atoms with van der Waals surface area (Å²) in [7, 11) is 3.25. The van der Waals surface area contributed by atoms with Crippen LogP contribution in [0.2, 0.25) is 5.02 Å². The number of nitrogens with zero attached hydrogens (tertiary/aromatic N) is 2. The van der Waals surface area contributed by atoms with Crippen LogP contribution in [0.1, 0.15) is 10.5 Å². The van der Waals surface area contributed by atoms with Gasteiger partial charge in [-0.15, -0.1) is 0 Å². The van der Waals surface area contributed by atoms with Crippen LogP contribution in [0, 0.1) is 0 Å². The standard InChI is InChI=1S/C12H15ClN2O4/c1-18-8-5-15(6-9(8)19-2)10-4-3-7(13)11(14-10)12(16)17/h3-4,8-9H,5-6H2,1-2H3,(H,16,17). The summed E-state index contributed by atoms with van der Waals surface area (Å²) >= 11 is 5.80. The van der Waals surface area contributed by atoms with Gasteiger partial charge in [0.1, 0.15) is 18.0 Å². The van der Waals surface area contributed by atoms with E-state index in [2.05, 4.69) is 4.98 Å². The van der Waals surface area contributed by atoms with Gasteiger partial charge in [-0.25, -0.2) is 9.78 Å². The maximum Gasteiger partial charge on any atom is 0.356 e. The second-order valence-corrected chi connectivity index (χ2v) is 4.67. The number of hydrogen-bond donors (Lipinski definition) is 1. The molecule has 2 atom stereocenters. The van der Waals surface area contributed by atoms with Crippen molar-refractivity contribution in [1.82, 2.24) is 4.98 Å². The molecule has 1 aromatic rings. The van der Waals surface area contributed by atoms with Crippen molar-refractivity contribution in [2.45, 2.75) is 12.2 Å². The second kappa shape index (κ2) is 5.73. The summed E-state index contributed by atoms with van der Waals surface area (Å²) in [6.45, 7) is 1.20. The predicted molar refractivity (Wildman–Crippen MR) is 70.0 cm³/mol. The van der Waals surface area contributed by atoms with Gasteiger partial charge in [0, 0.05) is 27.3 Å². The monoisotopic (exact) mass is 286 g/mol. The second-order valence-electron chi connectivity index (χ2n) is 4.26. The number of hydrogen-bond acceptors (Lipinski definition) is 5. The number of aromatic nitrogens is 1. The van der Waals surface area contributed by atoms with E-state index >= 15 is 0 Å². The van der Waals surface area contributed by atoms with Crippen LogP contribution in [-0.2, 0) is 9.47 Å². The van der Waals surface area contributed by atoms with E-state index in [1.165, 1.54) is 6.07 Å². The molecule has 0 amide bonds. The molecule has 1 aliphatic heterocycles. The molecule has 0 saturated carbocycles. The first-order chi connectivity index (χ1) is 9.06. The van der Waals surface area contributed by atoms with Gasteiger partial charge in [0.2, 0.25) is 0 Å². The molecule has 0 spiro atoms. The van der Waals surface area contributed by atoms with Crippen LogP contribution in [0.15, 0.2) is 12.1 Å². The molecule has 1 fully saturated rings. The number of halogens is 1. The molecule has 0 radical (unpaired) electrons. The highest BCUT2D eigenvalue weighted by molar-refractivity contribution is 6.33. The third-order valence-electron chi connectivity index (χ3n) is 3.18. The van der Waals surface area contributed by atoms with Gasteiger partial charge in [-0.05, 0) is 12.1 Å². The molecule has 7 heteroatoms. The summed E-state index contributed by atoms with van der Waals surface area (Å²) in [5.41, 5.74) is -0.144. The number of anilines is 1. The molecular formula is C12H15ClN2O4. The number of pyridine rings is 1. The van der Waals surface area contributed by atoms with Crippen LogP contribution < -0.4 is 4.90 Å². The van der Waals surface area contributed by atoms with Gasteiger partial charge in [0.25, 0.3) is 0 Å². The van der Waals surface area contributed by atoms with Gasteiger partial charge in [0.15, 0.2) is 5.69 Å². The zero-order valence-electron chi connectivity index (χ0n) is 10.7. The Labute approximate surface area is 115 Å². The van der Waals surface area contributed by atoms with Crippen molar-refractivity contribution in [2.75, 3.05) is 32.2 Å². The smallest absolute Gasteiger partial charge is 0.356 e. The molecule has 2 heterocycles. The third kappa shape index (κ3) is 2.80. The Kier molecular flexibility index (Phi) is 4.24. The molecule has 104 valence electrons. The first-order valence-electron chi connectivity index (χ1n) is 5.77. The fraction of sp³-hybridized carbons (Fsp3) is 0.500. The van der Waals surface area contributed by atoms with Crippen molar-refractivity contribution in [1.29, 1.82) is 0 Å². The van der Waals surface area contributed by atoms with Gasteiger partial charge < -0.3 is 19.5 Å². The van der Waals surface area contributed by atoms with Gasteiger partial charge in [-0.3, -0.25) is 0 Å². The van der Waals surface area contributed by atoms with Crippen molar-refractivity contribution in [3.63, 3.8) is 0 Å². The summed E-state index contributed by atoms with van der Waals surface area (Å²) in [6.07, 6.45) is -0.119. The Morgan fingerprint density at radius 1 is 1.37 bits per heavy atom. The minimum atomic E-state index is -1.14. The molecule has 1 saturated heterocycles. The number of carboxylic acids is 1. The first-order valence-corrected chi connectivity index (χ1v) is 6.15. The Morgan fingerprint density at radius 3 is 2.42 bits per heavy atom. The van der Waals surface area contributed by atoms with Crippen molar-refractivity contribution in [2.24, 2.45) is 0 Å². The SMILES string of the molecule is COC1CN(c2ccc(Cl)c(C(=O)O)n2)CC1OC. The highest BCUT2D eigenvalue weighted by atomic mass is 35.5. The third-order valence-corrected chi connectivity index (χ3v) is 3.48. The highest BCUT2D eigenvalue weighted by Crippen LogP contribution is 2.24. The lowest BCUT2D eigenvalue weighted by Crippen LogP contribution is -2.27. The molecule has 0 aliphatic carbocycles. The molecule has 0 bridgehead atoms. The maximum atomic E-state index is 11.0. The lowest BCUT2D eigenvalue weighted by molar-refractivity contribution is -0.00461. The van der Waals surface area contributed by atoms with E-state index < -0.39 is 5.97 Å². The van der Waals surface area contributed by atoms with Crippen molar-refractivity contribution in [3.8, 4) is 0 Å². The molecule has 1 aromatic heterocycles. The van der Waals surface area contributed by atoms with E-state index in [0.29, 0.717) is 18.9 Å². The predicted octanol–water partition coefficient (Wildman–Crippen LogP) is 1.28. The minimum Gasteiger partial charge on any atom is -0.476 e. The normalized spacial score (nSPS) is 22.8. The van der Waals surface area contributed by atoms with Gasteiger partial charge in [0.05, 0.1) is 5.02 Å². The van der Waals surface area contributed by atoms with E-state index in [-0.39, 0.29) is 22.9 Å². The number of ether oxygens (including phenoxy) is 2. The van der Waals surface area contributed by atoms with Gasteiger partial charge in [-0.2, -0.15) is 0 Å². The summed E-state index contributed by atoms with van der Waals surface area (Å²) in [4.78, 5) is 17.0. The highest BCUT2D eigenvalue weighted by Gasteiger charge is 2.34. The van der Waals surface area contributed by atoms with Crippen molar-refractivity contribution >= 4 is 23.4 Å². The number of carbonyl (C=O) groups is 1. The molecular weight excluding hydrogens is 272 g/mol. The Hall–Kier alpha value is -1.37. The fourth-order valence-corrected chi connectivity index (χ4v) is 2.33. The van der Waals surface area contributed by atoms with Crippen LogP contribution in [0.25, 0.3) is 0 Å². The summed E-state index contributed by atoms with van der Waals surface area (Å²) in [5.74, 6) is -0.582. The van der Waals surface area contributed by atoms with Gasteiger partial charge >= 0.3 is 5.97 Å². The van der Waals surface area contributed by atoms with E-state index in [1.807, 2.05) is 4.90 Å². The molecule has 2 unspecified atom stereocenters. The molecule has 1 N–H and O–H groups in total. The summed E-state index contributed by atoms with van der Waals surface area (Å²) < 4.78 is 10.7. The Balaban J connectivity index is 2.24. The minimum absolute atomic E-state index is 0.0595. The topological polar surface area (TPSA) is 71.9 Å². The van der Waals surface area contributed by atoms with Crippen LogP contribution >= 0.6 is 11.6 Å². The van der Waals surface area contributed by atoms with E-state index in [9.17, 15) is 4.79 Å². The van der Waals surface area contributed by atoms with Crippen molar-refractivity contribution < 1.29 is 19.4 Å². The largest absolute Gasteiger partial charge is 0.476 e. The number of rotatable bonds is 4. The zero-order valence-corrected chi connectivity index (χ0v) is 11.4. The van der Waals surface area contributed by atoms with Crippen LogP contribution in [0.3, 0.4) is 0 Å². The van der Waals surface area contributed by atoms with E-state index in [4.69, 9.17) is 26.2 Å². The summed E-state index contributed by atoms with van der Waals surface area (Å²) in [6, 6.07) is 3.23. The zero-order chi connectivity index (χ0) is 14.0. The van der Waals surface area contributed by atoms with Crippen LogP contribution in [0.4, 0.5) is 5.82 Å². The summed E-state index contributed by atoms with van der Waals surface area (Å²) in [5, 5.41) is 9.14. The van der Waals surface area contributed by atoms with Crippen LogP contribution in [0.5, 0.6) is 0 Å². The quantitative estimate of drug-likeness (QED) is 0.899. The molecule has 2 rings (SSSR count). The molecule has 1 aliphatic rings. The van der Waals surface area contributed by atoms with E-state index in [0.717, 1.165) is 0 Å². The fourth-order valence-electron chi connectivity index (χ4n) is 2.14.